The van der Waals surface area contributed by atoms with Gasteiger partial charge in [-0.3, -0.25) is 0 Å². The van der Waals surface area contributed by atoms with Crippen LogP contribution in [0.2, 0.25) is 0 Å². The van der Waals surface area contributed by atoms with Gasteiger partial charge in [0.2, 0.25) is 0 Å². The van der Waals surface area contributed by atoms with E-state index in [9.17, 15) is 0 Å². The Bertz CT molecular complexity index is 1900. The van der Waals surface area contributed by atoms with Gasteiger partial charge in [0, 0.05) is 0 Å². The van der Waals surface area contributed by atoms with Crippen LogP contribution in [0.25, 0.3) is 22.3 Å². The summed E-state index contributed by atoms with van der Waals surface area (Å²) in [6.07, 6.45) is 0. The molecule has 0 nitrogen and oxygen atoms in total. The van der Waals surface area contributed by atoms with E-state index in [4.69, 9.17) is 0 Å². The Balaban J connectivity index is -0.000000752. The molecular weight excluding hydrogens is 817 g/mol. The van der Waals surface area contributed by atoms with Crippen LogP contribution in [0.15, 0.2) is 182 Å². The minimum atomic E-state index is -0.427. The molecule has 0 bridgehead atoms. The molecular formula is C68H102. The van der Waals surface area contributed by atoms with Crippen LogP contribution in [0.4, 0.5) is 0 Å². The minimum absolute atomic E-state index is 0.427. The van der Waals surface area contributed by atoms with Crippen LogP contribution < -0.4 is 0 Å². The zero-order chi connectivity index (χ0) is 53.1. The Labute approximate surface area is 423 Å². The highest BCUT2D eigenvalue weighted by Crippen LogP contribution is 2.62. The standard InChI is InChI=1S/C44H30.12C2H6/c1-5-17-31(18-6-1)43(32-19-7-2-8-20-32)39-27-15-13-25-35(39)37-30-42-38(29-41(37)43)36-26-14-16-28-40(36)44(42,33-21-9-3-10-22-33)34-23-11-4-12-24-34;12*1-2/h1-30H;12*1-2H3. The molecule has 0 radical (unpaired) electrons. The highest BCUT2D eigenvalue weighted by atomic mass is 14.5. The van der Waals surface area contributed by atoms with Crippen molar-refractivity contribution in [3.63, 3.8) is 0 Å². The quantitative estimate of drug-likeness (QED) is 0.165. The second kappa shape index (κ2) is 42.9. The first kappa shape index (κ1) is 69.1. The Morgan fingerprint density at radius 1 is 0.176 bits per heavy atom. The molecule has 9 rings (SSSR count). The lowest BCUT2D eigenvalue weighted by Gasteiger charge is -2.35. The third-order valence-corrected chi connectivity index (χ3v) is 10.0. The predicted molar refractivity (Wildman–Crippen MR) is 317 cm³/mol. The molecule has 2 aliphatic carbocycles. The molecule has 0 N–H and O–H groups in total. The van der Waals surface area contributed by atoms with E-state index in [2.05, 4.69) is 182 Å². The highest BCUT2D eigenvalue weighted by Gasteiger charge is 2.51. The van der Waals surface area contributed by atoms with Gasteiger partial charge in [0.05, 0.1) is 10.8 Å². The molecule has 2 aliphatic rings. The number of hydrogen-bond acceptors (Lipinski definition) is 0. The van der Waals surface area contributed by atoms with E-state index in [0.29, 0.717) is 0 Å². The van der Waals surface area contributed by atoms with E-state index in [1.54, 1.807) is 0 Å². The average molecular weight is 920 g/mol. The molecule has 7 aromatic rings. The lowest BCUT2D eigenvalue weighted by molar-refractivity contribution is 0.759. The number of benzene rings is 7. The molecule has 0 fully saturated rings. The predicted octanol–water partition coefficient (Wildman–Crippen LogP) is 22.7. The third-order valence-electron chi connectivity index (χ3n) is 10.0. The molecule has 0 aromatic heterocycles. The summed E-state index contributed by atoms with van der Waals surface area (Å²) >= 11 is 0. The van der Waals surface area contributed by atoms with E-state index in [1.165, 1.54) is 66.8 Å². The maximum absolute atomic E-state index is 2.54. The van der Waals surface area contributed by atoms with Gasteiger partial charge in [-0.1, -0.05) is 336 Å². The summed E-state index contributed by atoms with van der Waals surface area (Å²) in [4.78, 5) is 0. The monoisotopic (exact) mass is 919 g/mol. The fourth-order valence-corrected chi connectivity index (χ4v) is 8.38. The molecule has 0 saturated carbocycles. The fourth-order valence-electron chi connectivity index (χ4n) is 8.38. The first-order valence-corrected chi connectivity index (χ1v) is 27.5. The maximum atomic E-state index is 2.54. The molecule has 0 saturated heterocycles. The molecule has 374 valence electrons. The van der Waals surface area contributed by atoms with E-state index >= 15 is 0 Å². The Hall–Kier alpha value is -5.46. The second-order valence-electron chi connectivity index (χ2n) is 12.0. The van der Waals surface area contributed by atoms with Gasteiger partial charge in [-0.25, -0.2) is 0 Å². The van der Waals surface area contributed by atoms with Crippen molar-refractivity contribution in [1.29, 1.82) is 0 Å². The Morgan fingerprint density at radius 3 is 0.559 bits per heavy atom. The van der Waals surface area contributed by atoms with Crippen molar-refractivity contribution < 1.29 is 0 Å². The summed E-state index contributed by atoms with van der Waals surface area (Å²) < 4.78 is 0. The molecule has 0 heteroatoms. The van der Waals surface area contributed by atoms with Crippen molar-refractivity contribution in [2.45, 2.75) is 177 Å². The van der Waals surface area contributed by atoms with Crippen molar-refractivity contribution in [1.82, 2.24) is 0 Å². The molecule has 0 spiro atoms. The van der Waals surface area contributed by atoms with Gasteiger partial charge in [0.1, 0.15) is 0 Å². The molecule has 0 unspecified atom stereocenters. The van der Waals surface area contributed by atoms with Crippen molar-refractivity contribution >= 4 is 0 Å². The van der Waals surface area contributed by atoms with Crippen LogP contribution in [0.3, 0.4) is 0 Å². The van der Waals surface area contributed by atoms with Gasteiger partial charge < -0.3 is 0 Å². The summed E-state index contributed by atoms with van der Waals surface area (Å²) in [6.45, 7) is 48.0. The molecule has 0 heterocycles. The summed E-state index contributed by atoms with van der Waals surface area (Å²) in [6, 6.07) is 67.6. The van der Waals surface area contributed by atoms with Crippen LogP contribution in [-0.4, -0.2) is 0 Å². The van der Waals surface area contributed by atoms with Gasteiger partial charge >= 0.3 is 0 Å². The Morgan fingerprint density at radius 2 is 0.353 bits per heavy atom. The Kier molecular flexibility index (Phi) is 43.6. The zero-order valence-electron chi connectivity index (χ0n) is 48.3. The maximum Gasteiger partial charge on any atom is 0.0713 e. The molecule has 0 atom stereocenters. The van der Waals surface area contributed by atoms with Crippen LogP contribution in [0.5, 0.6) is 0 Å². The minimum Gasteiger partial charge on any atom is -0.0683 e. The van der Waals surface area contributed by atoms with Crippen LogP contribution in [0.1, 0.15) is 211 Å². The van der Waals surface area contributed by atoms with Crippen molar-refractivity contribution in [2.24, 2.45) is 0 Å². The summed E-state index contributed by atoms with van der Waals surface area (Å²) in [7, 11) is 0. The van der Waals surface area contributed by atoms with Crippen LogP contribution in [-0.2, 0) is 10.8 Å². The van der Waals surface area contributed by atoms with Gasteiger partial charge in [-0.2, -0.15) is 0 Å². The SMILES string of the molecule is CC.CC.CC.CC.CC.CC.CC.CC.CC.CC.CC.CC.c1ccc(C2(c3ccccc3)c3ccccc3-c3cc4c(cc32)-c2ccccc2C4(c2ccccc2)c2ccccc2)cc1. The molecule has 68 heavy (non-hydrogen) atoms. The summed E-state index contributed by atoms with van der Waals surface area (Å²) in [5.74, 6) is 0. The van der Waals surface area contributed by atoms with Crippen molar-refractivity contribution in [2.75, 3.05) is 0 Å². The lowest BCUT2D eigenvalue weighted by atomic mass is 9.66. The first-order chi connectivity index (χ1) is 33.8. The largest absolute Gasteiger partial charge is 0.0713 e. The average Bonchev–Trinajstić information content (AvgIpc) is 3.95. The van der Waals surface area contributed by atoms with E-state index in [0.717, 1.165) is 0 Å². The number of fused-ring (bicyclic) bond motifs is 6. The number of rotatable bonds is 4. The summed E-state index contributed by atoms with van der Waals surface area (Å²) in [5, 5.41) is 0. The van der Waals surface area contributed by atoms with Gasteiger partial charge in [0.15, 0.2) is 0 Å². The van der Waals surface area contributed by atoms with E-state index < -0.39 is 10.8 Å². The smallest absolute Gasteiger partial charge is 0.0683 e. The topological polar surface area (TPSA) is 0 Å². The molecule has 0 amide bonds. The normalized spacial score (nSPS) is 10.6. The van der Waals surface area contributed by atoms with Gasteiger partial charge in [-0.15, -0.1) is 0 Å². The molecule has 0 aliphatic heterocycles. The van der Waals surface area contributed by atoms with Gasteiger partial charge in [0.25, 0.3) is 0 Å². The highest BCUT2D eigenvalue weighted by molar-refractivity contribution is 5.94. The lowest BCUT2D eigenvalue weighted by Crippen LogP contribution is -2.29. The van der Waals surface area contributed by atoms with Crippen LogP contribution in [0, 0.1) is 0 Å². The van der Waals surface area contributed by atoms with E-state index in [-0.39, 0.29) is 0 Å². The fraction of sp³-hybridized carbons (Fsp3) is 0.382. The van der Waals surface area contributed by atoms with Gasteiger partial charge in [-0.05, 0) is 78.9 Å². The zero-order valence-corrected chi connectivity index (χ0v) is 48.3. The van der Waals surface area contributed by atoms with E-state index in [1.807, 2.05) is 166 Å². The summed E-state index contributed by atoms with van der Waals surface area (Å²) in [5.41, 5.74) is 14.9. The van der Waals surface area contributed by atoms with Crippen LogP contribution >= 0.6 is 0 Å². The molecule has 7 aromatic carbocycles. The van der Waals surface area contributed by atoms with Crippen molar-refractivity contribution in [3.05, 3.63) is 226 Å². The number of hydrogen-bond donors (Lipinski definition) is 0. The van der Waals surface area contributed by atoms with Crippen molar-refractivity contribution in [3.8, 4) is 22.3 Å². The second-order valence-corrected chi connectivity index (χ2v) is 12.0. The first-order valence-electron chi connectivity index (χ1n) is 27.5. The third kappa shape index (κ3) is 14.8.